The molecule has 0 bridgehead atoms. The lowest BCUT2D eigenvalue weighted by molar-refractivity contribution is -0.385. The summed E-state index contributed by atoms with van der Waals surface area (Å²) in [5.41, 5.74) is 0.269. The van der Waals surface area contributed by atoms with Crippen molar-refractivity contribution < 1.29 is 9.31 Å². The number of non-ortho nitro benzene ring substituents is 1. The summed E-state index contributed by atoms with van der Waals surface area (Å²) in [5.74, 6) is -0.410. The Morgan fingerprint density at radius 1 is 1.41 bits per heavy atom. The van der Waals surface area contributed by atoms with Gasteiger partial charge in [-0.05, 0) is 6.07 Å². The van der Waals surface area contributed by atoms with Crippen LogP contribution in [0.3, 0.4) is 0 Å². The fourth-order valence-electron chi connectivity index (χ4n) is 1.79. The normalized spacial score (nSPS) is 19.5. The minimum absolute atomic E-state index is 0. The van der Waals surface area contributed by atoms with Gasteiger partial charge < -0.3 is 10.6 Å². The molecule has 2 N–H and O–H groups in total. The Labute approximate surface area is 104 Å². The van der Waals surface area contributed by atoms with Crippen molar-refractivity contribution in [2.24, 2.45) is 0 Å². The van der Waals surface area contributed by atoms with Crippen molar-refractivity contribution in [2.75, 3.05) is 19.6 Å². The minimum atomic E-state index is -0.515. The molecular formula is C10H13ClFN3O2. The number of piperazine rings is 1. The maximum atomic E-state index is 13.5. The number of rotatable bonds is 2. The number of hydrogen-bond acceptors (Lipinski definition) is 4. The largest absolute Gasteiger partial charge is 0.314 e. The Bertz CT molecular complexity index is 411. The monoisotopic (exact) mass is 261 g/mol. The summed E-state index contributed by atoms with van der Waals surface area (Å²) in [6.45, 7) is 2.14. The van der Waals surface area contributed by atoms with Crippen LogP contribution in [0.5, 0.6) is 0 Å². The van der Waals surface area contributed by atoms with Crippen molar-refractivity contribution in [1.29, 1.82) is 0 Å². The Kier molecular flexibility index (Phi) is 4.80. The average Bonchev–Trinajstić information content (AvgIpc) is 2.30. The summed E-state index contributed by atoms with van der Waals surface area (Å²) in [5, 5.41) is 16.8. The minimum Gasteiger partial charge on any atom is -0.314 e. The Balaban J connectivity index is 0.00000144. The summed E-state index contributed by atoms with van der Waals surface area (Å²) in [4.78, 5) is 10.1. The maximum Gasteiger partial charge on any atom is 0.269 e. The SMILES string of the molecule is Cl.O=[N+]([O-])c1ccc(F)c([C@@H]2CNCCN2)c1. The number of benzene rings is 1. The van der Waals surface area contributed by atoms with E-state index in [0.29, 0.717) is 12.1 Å². The number of nitrogens with one attached hydrogen (secondary N) is 2. The molecule has 0 saturated carbocycles. The van der Waals surface area contributed by atoms with Crippen LogP contribution in [-0.4, -0.2) is 24.6 Å². The number of nitrogens with zero attached hydrogens (tertiary/aromatic N) is 1. The van der Waals surface area contributed by atoms with Gasteiger partial charge in [-0.25, -0.2) is 4.39 Å². The van der Waals surface area contributed by atoms with E-state index in [2.05, 4.69) is 10.6 Å². The summed E-state index contributed by atoms with van der Waals surface area (Å²) in [6, 6.07) is 3.41. The topological polar surface area (TPSA) is 67.2 Å². The van der Waals surface area contributed by atoms with E-state index in [1.54, 1.807) is 0 Å². The van der Waals surface area contributed by atoms with Crippen molar-refractivity contribution in [3.8, 4) is 0 Å². The van der Waals surface area contributed by atoms with Crippen molar-refractivity contribution in [3.63, 3.8) is 0 Å². The Morgan fingerprint density at radius 3 is 2.76 bits per heavy atom. The molecule has 1 aliphatic rings. The first-order chi connectivity index (χ1) is 7.68. The van der Waals surface area contributed by atoms with Crippen LogP contribution in [0.4, 0.5) is 10.1 Å². The molecule has 1 heterocycles. The molecule has 1 aromatic carbocycles. The van der Waals surface area contributed by atoms with E-state index in [4.69, 9.17) is 0 Å². The van der Waals surface area contributed by atoms with E-state index in [1.807, 2.05) is 0 Å². The van der Waals surface area contributed by atoms with E-state index in [9.17, 15) is 14.5 Å². The van der Waals surface area contributed by atoms with E-state index in [0.717, 1.165) is 19.2 Å². The van der Waals surface area contributed by atoms with Gasteiger partial charge in [0, 0.05) is 43.4 Å². The predicted octanol–water partition coefficient (Wildman–Crippen LogP) is 1.39. The molecule has 94 valence electrons. The third-order valence-corrected chi connectivity index (χ3v) is 2.61. The number of nitro groups is 1. The summed E-state index contributed by atoms with van der Waals surface area (Å²) >= 11 is 0. The van der Waals surface area contributed by atoms with E-state index in [1.165, 1.54) is 12.1 Å². The molecular weight excluding hydrogens is 249 g/mol. The van der Waals surface area contributed by atoms with Crippen LogP contribution in [0.2, 0.25) is 0 Å². The van der Waals surface area contributed by atoms with Crippen LogP contribution in [-0.2, 0) is 0 Å². The molecule has 0 radical (unpaired) electrons. The summed E-state index contributed by atoms with van der Waals surface area (Å²) < 4.78 is 13.5. The van der Waals surface area contributed by atoms with Gasteiger partial charge >= 0.3 is 0 Å². The smallest absolute Gasteiger partial charge is 0.269 e. The van der Waals surface area contributed by atoms with Gasteiger partial charge in [0.15, 0.2) is 0 Å². The molecule has 0 spiro atoms. The van der Waals surface area contributed by atoms with Crippen LogP contribution in [0, 0.1) is 15.9 Å². The molecule has 7 heteroatoms. The first-order valence-electron chi connectivity index (χ1n) is 5.06. The molecule has 0 unspecified atom stereocenters. The molecule has 0 aliphatic carbocycles. The lowest BCUT2D eigenvalue weighted by Gasteiger charge is -2.24. The molecule has 1 fully saturated rings. The van der Waals surface area contributed by atoms with Crippen LogP contribution >= 0.6 is 12.4 Å². The molecule has 17 heavy (non-hydrogen) atoms. The number of nitro benzene ring substituents is 1. The van der Waals surface area contributed by atoms with Gasteiger partial charge in [-0.1, -0.05) is 0 Å². The van der Waals surface area contributed by atoms with Crippen molar-refractivity contribution in [3.05, 3.63) is 39.7 Å². The summed E-state index contributed by atoms with van der Waals surface area (Å²) in [7, 11) is 0. The number of halogens is 2. The van der Waals surface area contributed by atoms with Gasteiger partial charge in [-0.2, -0.15) is 0 Å². The average molecular weight is 262 g/mol. The van der Waals surface area contributed by atoms with Crippen LogP contribution in [0.1, 0.15) is 11.6 Å². The highest BCUT2D eigenvalue weighted by molar-refractivity contribution is 5.85. The first kappa shape index (κ1) is 13.8. The van der Waals surface area contributed by atoms with Gasteiger partial charge in [-0.3, -0.25) is 10.1 Å². The van der Waals surface area contributed by atoms with E-state index in [-0.39, 0.29) is 24.1 Å². The van der Waals surface area contributed by atoms with Gasteiger partial charge in [0.05, 0.1) is 4.92 Å². The van der Waals surface area contributed by atoms with Crippen molar-refractivity contribution >= 4 is 18.1 Å². The van der Waals surface area contributed by atoms with Crippen LogP contribution in [0.25, 0.3) is 0 Å². The molecule has 0 aromatic heterocycles. The summed E-state index contributed by atoms with van der Waals surface area (Å²) in [6.07, 6.45) is 0. The van der Waals surface area contributed by atoms with Crippen molar-refractivity contribution in [1.82, 2.24) is 10.6 Å². The quantitative estimate of drug-likeness (QED) is 0.624. The Hall–Kier alpha value is -1.24. The van der Waals surface area contributed by atoms with E-state index >= 15 is 0 Å². The van der Waals surface area contributed by atoms with Gasteiger partial charge in [0.1, 0.15) is 5.82 Å². The highest BCUT2D eigenvalue weighted by Crippen LogP contribution is 2.23. The second-order valence-electron chi connectivity index (χ2n) is 3.67. The van der Waals surface area contributed by atoms with E-state index < -0.39 is 10.7 Å². The Morgan fingerprint density at radius 2 is 2.18 bits per heavy atom. The fourth-order valence-corrected chi connectivity index (χ4v) is 1.79. The lowest BCUT2D eigenvalue weighted by atomic mass is 10.0. The molecule has 1 saturated heterocycles. The highest BCUT2D eigenvalue weighted by atomic mass is 35.5. The third kappa shape index (κ3) is 3.12. The third-order valence-electron chi connectivity index (χ3n) is 2.61. The second-order valence-corrected chi connectivity index (χ2v) is 3.67. The van der Waals surface area contributed by atoms with Crippen molar-refractivity contribution in [2.45, 2.75) is 6.04 Å². The molecule has 2 rings (SSSR count). The fraction of sp³-hybridized carbons (Fsp3) is 0.400. The lowest BCUT2D eigenvalue weighted by Crippen LogP contribution is -2.42. The molecule has 5 nitrogen and oxygen atoms in total. The van der Waals surface area contributed by atoms with Gasteiger partial charge in [-0.15, -0.1) is 12.4 Å². The van der Waals surface area contributed by atoms with Gasteiger partial charge in [0.25, 0.3) is 5.69 Å². The zero-order valence-electron chi connectivity index (χ0n) is 8.98. The zero-order valence-corrected chi connectivity index (χ0v) is 9.80. The molecule has 1 atom stereocenters. The molecule has 0 amide bonds. The second kappa shape index (κ2) is 5.90. The van der Waals surface area contributed by atoms with Crippen LogP contribution in [0.15, 0.2) is 18.2 Å². The first-order valence-corrected chi connectivity index (χ1v) is 5.06. The zero-order chi connectivity index (χ0) is 11.5. The highest BCUT2D eigenvalue weighted by Gasteiger charge is 2.20. The van der Waals surface area contributed by atoms with Gasteiger partial charge in [0.2, 0.25) is 0 Å². The molecule has 1 aliphatic heterocycles. The maximum absolute atomic E-state index is 13.5. The number of hydrogen-bond donors (Lipinski definition) is 2. The molecule has 1 aromatic rings. The predicted molar refractivity (Wildman–Crippen MR) is 63.9 cm³/mol. The van der Waals surface area contributed by atoms with Crippen LogP contribution < -0.4 is 10.6 Å². The standard InChI is InChI=1S/C10H12FN3O2.ClH/c11-9-2-1-7(14(15)16)5-8(9)10-6-12-3-4-13-10;/h1-2,5,10,12-13H,3-4,6H2;1H/t10-;/m0./s1.